The minimum atomic E-state index is -4.83. The van der Waals surface area contributed by atoms with E-state index < -0.39 is 106 Å². The van der Waals surface area contributed by atoms with Gasteiger partial charge >= 0.3 is 30.5 Å². The fourth-order valence-corrected chi connectivity index (χ4v) is 8.39. The Hall–Kier alpha value is -7.01. The molecule has 6 rings (SSSR count). The lowest BCUT2D eigenvalue weighted by Gasteiger charge is -2.38. The number of carboxylic acids is 1. The summed E-state index contributed by atoms with van der Waals surface area (Å²) in [5.41, 5.74) is 2.51. The Morgan fingerprint density at radius 1 is 0.753 bits per heavy atom. The molecule has 5 aromatic rings. The Balaban J connectivity index is 0.000000311. The lowest BCUT2D eigenvalue weighted by molar-refractivity contribution is -0.167. The van der Waals surface area contributed by atoms with Crippen molar-refractivity contribution in [2.75, 3.05) is 31.8 Å². The summed E-state index contributed by atoms with van der Waals surface area (Å²) in [6, 6.07) is 7.88. The molecule has 73 heavy (non-hydrogen) atoms. The number of ether oxygens (including phenoxy) is 2. The van der Waals surface area contributed by atoms with Gasteiger partial charge in [-0.3, -0.25) is 19.2 Å². The summed E-state index contributed by atoms with van der Waals surface area (Å²) >= 11 is 0. The van der Waals surface area contributed by atoms with Gasteiger partial charge in [-0.25, -0.2) is 9.18 Å². The van der Waals surface area contributed by atoms with Crippen molar-refractivity contribution in [2.24, 2.45) is 19.8 Å². The predicted octanol–water partition coefficient (Wildman–Crippen LogP) is 8.06. The van der Waals surface area contributed by atoms with Gasteiger partial charge in [-0.1, -0.05) is 36.4 Å². The number of amides is 1. The van der Waals surface area contributed by atoms with Crippen LogP contribution in [0.2, 0.25) is 0 Å². The molecule has 0 bridgehead atoms. The van der Waals surface area contributed by atoms with Crippen molar-refractivity contribution in [1.82, 2.24) is 14.5 Å². The number of pyridine rings is 2. The van der Waals surface area contributed by atoms with Crippen LogP contribution < -0.4 is 27.1 Å². The van der Waals surface area contributed by atoms with Crippen LogP contribution in [0.4, 0.5) is 49.6 Å². The number of halogens is 10. The number of nitrogens with two attached hydrogens (primary N) is 1. The summed E-state index contributed by atoms with van der Waals surface area (Å²) in [5, 5.41) is 12.0. The fourth-order valence-electron chi connectivity index (χ4n) is 8.39. The van der Waals surface area contributed by atoms with Crippen molar-refractivity contribution in [2.45, 2.75) is 84.1 Å². The minimum absolute atomic E-state index is 0.0154. The molecular formula is C50H51F10N5O8. The number of anilines is 1. The lowest BCUT2D eigenvalue weighted by atomic mass is 9.93. The summed E-state index contributed by atoms with van der Waals surface area (Å²) in [7, 11) is 3.99. The molecule has 2 aromatic heterocycles. The van der Waals surface area contributed by atoms with Gasteiger partial charge in [0.1, 0.15) is 23.9 Å². The molecule has 3 heterocycles. The average Bonchev–Trinajstić information content (AvgIpc) is 3.29. The number of nitrogens with zero attached hydrogens (tertiary/aromatic N) is 3. The highest BCUT2D eigenvalue weighted by Gasteiger charge is 2.46. The van der Waals surface area contributed by atoms with E-state index in [9.17, 15) is 68.6 Å². The number of nitrogens with one attached hydrogen (secondary N) is 1. The quantitative estimate of drug-likeness (QED) is 0.0868. The Bertz CT molecular complexity index is 3030. The van der Waals surface area contributed by atoms with Gasteiger partial charge < -0.3 is 39.7 Å². The first-order valence-corrected chi connectivity index (χ1v) is 22.1. The Kier molecular flexibility index (Phi) is 17.1. The van der Waals surface area contributed by atoms with E-state index in [-0.39, 0.29) is 70.9 Å². The maximum atomic E-state index is 15.2. The van der Waals surface area contributed by atoms with Crippen LogP contribution in [0.1, 0.15) is 60.7 Å². The smallest absolute Gasteiger partial charge is 0.417 e. The zero-order valence-electron chi connectivity index (χ0n) is 40.5. The molecule has 23 heteroatoms. The first-order valence-electron chi connectivity index (χ1n) is 22.1. The number of morpholine rings is 1. The van der Waals surface area contributed by atoms with Crippen molar-refractivity contribution in [1.29, 1.82) is 0 Å². The largest absolute Gasteiger partial charge is 0.480 e. The van der Waals surface area contributed by atoms with Gasteiger partial charge in [0.2, 0.25) is 0 Å². The third-order valence-corrected chi connectivity index (χ3v) is 12.4. The number of carbonyl (C=O) groups is 3. The summed E-state index contributed by atoms with van der Waals surface area (Å²) < 4.78 is 150. The van der Waals surface area contributed by atoms with Crippen molar-refractivity contribution in [3.63, 3.8) is 0 Å². The van der Waals surface area contributed by atoms with Crippen LogP contribution in [0.5, 0.6) is 0 Å². The Labute approximate surface area is 411 Å². The van der Waals surface area contributed by atoms with Gasteiger partial charge in [-0.2, -0.15) is 39.5 Å². The number of alkyl halides is 9. The molecule has 1 aliphatic heterocycles. The van der Waals surface area contributed by atoms with E-state index in [1.807, 2.05) is 0 Å². The minimum Gasteiger partial charge on any atom is -0.480 e. The van der Waals surface area contributed by atoms with Crippen LogP contribution in [0.25, 0.3) is 22.3 Å². The highest BCUT2D eigenvalue weighted by atomic mass is 19.4. The summed E-state index contributed by atoms with van der Waals surface area (Å²) in [6.45, 7) is 6.32. The summed E-state index contributed by atoms with van der Waals surface area (Å²) in [4.78, 5) is 63.0. The standard InChI is InChI=1S/C31H30F7N3O5.C19H21F3N2O3/c1-15-9-18(5-6-20(15)26-21(30(33,34)35)11-17(3)40(4)28(26)43)12-23(29(44)45)39-27(42)25-16(2)10-19(13-22(25)32)41-7-8-46-14-24(41)31(36,37)38;1-10-7-12(9-15(23)18(26)27-4)5-6-13(10)16-14(19(20,21)22)8-11(2)24(3)17(16)25/h5-6,9-11,13,23-24H,7-8,12,14H2,1-4H3,(H,39,42)(H,44,45);5-8,15H,9,23H2,1-4H3/t23-,24+;15-/m00/s1. The van der Waals surface area contributed by atoms with Crippen LogP contribution in [-0.2, 0) is 58.4 Å². The predicted molar refractivity (Wildman–Crippen MR) is 249 cm³/mol. The molecule has 0 aliphatic carbocycles. The van der Waals surface area contributed by atoms with Gasteiger partial charge in [-0.15, -0.1) is 0 Å². The number of carboxylic acid groups (broad SMARTS) is 1. The zero-order chi connectivity index (χ0) is 54.8. The van der Waals surface area contributed by atoms with Crippen molar-refractivity contribution >= 4 is 23.5 Å². The molecule has 0 saturated carbocycles. The molecule has 13 nitrogen and oxygen atoms in total. The second-order valence-corrected chi connectivity index (χ2v) is 17.5. The van der Waals surface area contributed by atoms with Crippen LogP contribution in [0.15, 0.2) is 70.3 Å². The number of aryl methyl sites for hydroxylation is 5. The second-order valence-electron chi connectivity index (χ2n) is 17.5. The van der Waals surface area contributed by atoms with Gasteiger partial charge in [-0.05, 0) is 104 Å². The fraction of sp³-hybridized carbons (Fsp3) is 0.380. The third-order valence-electron chi connectivity index (χ3n) is 12.4. The lowest BCUT2D eigenvalue weighted by Crippen LogP contribution is -2.53. The van der Waals surface area contributed by atoms with E-state index in [2.05, 4.69) is 10.1 Å². The van der Waals surface area contributed by atoms with Gasteiger partial charge in [0.15, 0.2) is 0 Å². The monoisotopic (exact) mass is 1040 g/mol. The van der Waals surface area contributed by atoms with E-state index in [4.69, 9.17) is 10.5 Å². The number of aromatic nitrogens is 2. The average molecular weight is 1040 g/mol. The van der Waals surface area contributed by atoms with E-state index in [0.29, 0.717) is 11.1 Å². The molecule has 394 valence electrons. The number of aliphatic carboxylic acids is 1. The first kappa shape index (κ1) is 56.9. The highest BCUT2D eigenvalue weighted by Crippen LogP contribution is 2.39. The normalized spacial score (nSPS) is 15.0. The van der Waals surface area contributed by atoms with Crippen LogP contribution in [-0.4, -0.2) is 83.3 Å². The number of esters is 1. The van der Waals surface area contributed by atoms with Crippen molar-refractivity contribution in [3.05, 3.63) is 143 Å². The maximum Gasteiger partial charge on any atom is 0.417 e. The molecule has 1 aliphatic rings. The van der Waals surface area contributed by atoms with Gasteiger partial charge in [0.25, 0.3) is 17.0 Å². The van der Waals surface area contributed by atoms with E-state index >= 15 is 4.39 Å². The second kappa shape index (κ2) is 22.0. The molecule has 0 spiro atoms. The third kappa shape index (κ3) is 12.8. The van der Waals surface area contributed by atoms with Crippen LogP contribution in [0.3, 0.4) is 0 Å². The Morgan fingerprint density at radius 2 is 1.23 bits per heavy atom. The van der Waals surface area contributed by atoms with E-state index in [0.717, 1.165) is 27.7 Å². The SMILES string of the molecule is COC(=O)[C@@H](N)Cc1ccc(-c2c(C(F)(F)F)cc(C)n(C)c2=O)c(C)c1.Cc1cc(C[C@H](NC(=O)c2c(C)cc(N3CCOC[C@@H]3C(F)(F)F)cc2F)C(=O)O)ccc1-c1c(C(F)(F)F)cc(C)n(C)c1=O. The number of carbonyl (C=O) groups excluding carboxylic acids is 2. The molecule has 3 atom stereocenters. The number of hydrogen-bond donors (Lipinski definition) is 3. The van der Waals surface area contributed by atoms with Gasteiger partial charge in [0.05, 0.1) is 48.1 Å². The molecular weight excluding hydrogens is 989 g/mol. The van der Waals surface area contributed by atoms with E-state index in [1.165, 1.54) is 83.8 Å². The number of benzene rings is 3. The van der Waals surface area contributed by atoms with Gasteiger partial charge in [0, 0.05) is 44.1 Å². The van der Waals surface area contributed by atoms with Crippen molar-refractivity contribution in [3.8, 4) is 22.3 Å². The summed E-state index contributed by atoms with van der Waals surface area (Å²) in [5.74, 6) is -4.37. The first-order chi connectivity index (χ1) is 33.8. The number of rotatable bonds is 11. The molecule has 3 aromatic carbocycles. The van der Waals surface area contributed by atoms with Crippen LogP contribution in [0, 0.1) is 40.4 Å². The molecule has 1 amide bonds. The van der Waals surface area contributed by atoms with E-state index in [1.54, 1.807) is 19.1 Å². The highest BCUT2D eigenvalue weighted by molar-refractivity contribution is 5.98. The topological polar surface area (TPSA) is 175 Å². The molecule has 4 N–H and O–H groups in total. The van der Waals surface area contributed by atoms with Crippen LogP contribution >= 0.6 is 0 Å². The molecule has 1 fully saturated rings. The Morgan fingerprint density at radius 3 is 1.64 bits per heavy atom. The molecule has 0 radical (unpaired) electrons. The maximum absolute atomic E-state index is 15.2. The number of methoxy groups -OCH3 is 1. The zero-order valence-corrected chi connectivity index (χ0v) is 40.5. The number of hydrogen-bond acceptors (Lipinski definition) is 9. The van der Waals surface area contributed by atoms with Crippen molar-refractivity contribution < 1.29 is 72.9 Å². The molecule has 1 saturated heterocycles. The molecule has 0 unspecified atom stereocenters. The summed E-state index contributed by atoms with van der Waals surface area (Å²) in [6.07, 6.45) is -14.3.